The third-order valence-electron chi connectivity index (χ3n) is 5.25. The van der Waals surface area contributed by atoms with Crippen molar-refractivity contribution in [3.05, 3.63) is 66.0 Å². The molecule has 0 bridgehead atoms. The highest BCUT2D eigenvalue weighted by atomic mass is 32.2. The molecule has 31 heavy (non-hydrogen) atoms. The van der Waals surface area contributed by atoms with Gasteiger partial charge in [-0.25, -0.2) is 14.4 Å². The van der Waals surface area contributed by atoms with Gasteiger partial charge in [0, 0.05) is 37.1 Å². The molecule has 0 saturated carbocycles. The minimum atomic E-state index is -0.229. The number of benzene rings is 2. The fourth-order valence-electron chi connectivity index (χ4n) is 3.59. The first-order valence-electron chi connectivity index (χ1n) is 10.3. The standard InChI is InChI=1S/C23H26FN5OS/c1-31-23-26-21(25)16-22(27-23)29(11-10-17-2-4-18(24)5-3-17)20-8-6-19(7-9-20)28-12-14-30-15-13-28/h2-9,16H,10-15H2,1H3,(H2,25,26,27). The number of nitrogen functional groups attached to an aromatic ring is 1. The van der Waals surface area contributed by atoms with Gasteiger partial charge in [0.25, 0.3) is 0 Å². The number of thioether (sulfide) groups is 1. The van der Waals surface area contributed by atoms with Crippen molar-refractivity contribution in [1.29, 1.82) is 0 Å². The molecule has 0 atom stereocenters. The molecule has 6 nitrogen and oxygen atoms in total. The zero-order valence-electron chi connectivity index (χ0n) is 17.5. The molecule has 0 radical (unpaired) electrons. The van der Waals surface area contributed by atoms with Crippen LogP contribution in [0.5, 0.6) is 0 Å². The van der Waals surface area contributed by atoms with E-state index in [1.165, 1.54) is 29.6 Å². The summed E-state index contributed by atoms with van der Waals surface area (Å²) in [5.41, 5.74) is 9.30. The van der Waals surface area contributed by atoms with Gasteiger partial charge in [-0.05, 0) is 54.6 Å². The molecule has 0 spiro atoms. The SMILES string of the molecule is CSc1nc(N)cc(N(CCc2ccc(F)cc2)c2ccc(N3CCOCC3)cc2)n1. The first-order chi connectivity index (χ1) is 15.1. The molecule has 1 aromatic heterocycles. The lowest BCUT2D eigenvalue weighted by Crippen LogP contribution is -2.36. The van der Waals surface area contributed by atoms with Crippen LogP contribution < -0.4 is 15.5 Å². The second kappa shape index (κ2) is 9.98. The van der Waals surface area contributed by atoms with Gasteiger partial charge in [0.2, 0.25) is 0 Å². The predicted molar refractivity (Wildman–Crippen MR) is 125 cm³/mol. The van der Waals surface area contributed by atoms with Crippen molar-refractivity contribution in [2.75, 3.05) is 54.6 Å². The molecule has 8 heteroatoms. The molecule has 2 aromatic carbocycles. The number of rotatable bonds is 7. The molecule has 0 unspecified atom stereocenters. The Morgan fingerprint density at radius 3 is 2.45 bits per heavy atom. The van der Waals surface area contributed by atoms with Crippen LogP contribution in [0.3, 0.4) is 0 Å². The topological polar surface area (TPSA) is 67.5 Å². The number of morpholine rings is 1. The number of anilines is 4. The van der Waals surface area contributed by atoms with Gasteiger partial charge in [0.05, 0.1) is 13.2 Å². The molecule has 3 aromatic rings. The van der Waals surface area contributed by atoms with Crippen LogP contribution in [-0.4, -0.2) is 49.1 Å². The number of nitrogens with zero attached hydrogens (tertiary/aromatic N) is 4. The molecule has 1 saturated heterocycles. The minimum absolute atomic E-state index is 0.229. The number of ether oxygens (including phenoxy) is 1. The van der Waals surface area contributed by atoms with E-state index in [-0.39, 0.29) is 5.82 Å². The average molecular weight is 440 g/mol. The van der Waals surface area contributed by atoms with Gasteiger partial charge in [-0.3, -0.25) is 0 Å². The summed E-state index contributed by atoms with van der Waals surface area (Å²) in [5.74, 6) is 0.955. The van der Waals surface area contributed by atoms with Crippen LogP contribution in [-0.2, 0) is 11.2 Å². The molecule has 2 heterocycles. The maximum Gasteiger partial charge on any atom is 0.191 e. The van der Waals surface area contributed by atoms with E-state index in [0.29, 0.717) is 17.5 Å². The second-order valence-electron chi connectivity index (χ2n) is 7.28. The summed E-state index contributed by atoms with van der Waals surface area (Å²) in [6, 6.07) is 16.9. The molecule has 0 amide bonds. The van der Waals surface area contributed by atoms with Gasteiger partial charge >= 0.3 is 0 Å². The van der Waals surface area contributed by atoms with Gasteiger partial charge in [-0.1, -0.05) is 23.9 Å². The van der Waals surface area contributed by atoms with Crippen LogP contribution in [0.1, 0.15) is 5.56 Å². The zero-order valence-corrected chi connectivity index (χ0v) is 18.3. The van der Waals surface area contributed by atoms with Crippen molar-refractivity contribution in [3.8, 4) is 0 Å². The largest absolute Gasteiger partial charge is 0.383 e. The minimum Gasteiger partial charge on any atom is -0.383 e. The Morgan fingerprint density at radius 1 is 1.06 bits per heavy atom. The Kier molecular flexibility index (Phi) is 6.89. The van der Waals surface area contributed by atoms with Crippen LogP contribution in [0, 0.1) is 5.82 Å². The molecule has 162 valence electrons. The van der Waals surface area contributed by atoms with Crippen LogP contribution in [0.4, 0.5) is 27.4 Å². The molecule has 1 aliphatic heterocycles. The zero-order chi connectivity index (χ0) is 21.6. The first-order valence-corrected chi connectivity index (χ1v) is 11.5. The van der Waals surface area contributed by atoms with Gasteiger partial charge < -0.3 is 20.3 Å². The number of aromatic nitrogens is 2. The Bertz CT molecular complexity index is 994. The maximum absolute atomic E-state index is 13.3. The predicted octanol–water partition coefficient (Wildman–Crippen LogP) is 4.14. The van der Waals surface area contributed by atoms with Crippen molar-refractivity contribution in [2.24, 2.45) is 0 Å². The fourth-order valence-corrected chi connectivity index (χ4v) is 3.97. The Balaban J connectivity index is 1.61. The summed E-state index contributed by atoms with van der Waals surface area (Å²) in [5, 5.41) is 0.631. The van der Waals surface area contributed by atoms with Crippen molar-refractivity contribution in [2.45, 2.75) is 11.6 Å². The summed E-state index contributed by atoms with van der Waals surface area (Å²) in [7, 11) is 0. The second-order valence-corrected chi connectivity index (χ2v) is 8.06. The highest BCUT2D eigenvalue weighted by Gasteiger charge is 2.16. The lowest BCUT2D eigenvalue weighted by atomic mass is 10.1. The lowest BCUT2D eigenvalue weighted by Gasteiger charge is -2.30. The highest BCUT2D eigenvalue weighted by Crippen LogP contribution is 2.29. The third kappa shape index (κ3) is 5.45. The smallest absolute Gasteiger partial charge is 0.191 e. The van der Waals surface area contributed by atoms with Gasteiger partial charge in [0.15, 0.2) is 5.16 Å². The summed E-state index contributed by atoms with van der Waals surface area (Å²) >= 11 is 1.46. The number of halogens is 1. The van der Waals surface area contributed by atoms with E-state index < -0.39 is 0 Å². The van der Waals surface area contributed by atoms with Gasteiger partial charge in [0.1, 0.15) is 17.5 Å². The molecule has 4 rings (SSSR count). The van der Waals surface area contributed by atoms with Crippen LogP contribution >= 0.6 is 11.8 Å². The van der Waals surface area contributed by atoms with Crippen molar-refractivity contribution >= 4 is 34.8 Å². The van der Waals surface area contributed by atoms with Crippen LogP contribution in [0.2, 0.25) is 0 Å². The molecular weight excluding hydrogens is 413 g/mol. The molecular formula is C23H26FN5OS. The molecule has 2 N–H and O–H groups in total. The van der Waals surface area contributed by atoms with Crippen molar-refractivity contribution in [1.82, 2.24) is 9.97 Å². The summed E-state index contributed by atoms with van der Waals surface area (Å²) in [4.78, 5) is 13.4. The Labute approximate surface area is 186 Å². The van der Waals surface area contributed by atoms with Gasteiger partial charge in [-0.2, -0.15) is 0 Å². The quantitative estimate of drug-likeness (QED) is 0.438. The maximum atomic E-state index is 13.3. The average Bonchev–Trinajstić information content (AvgIpc) is 2.81. The van der Waals surface area contributed by atoms with Crippen LogP contribution in [0.15, 0.2) is 59.8 Å². The summed E-state index contributed by atoms with van der Waals surface area (Å²) in [6.45, 7) is 3.97. The number of hydrogen-bond acceptors (Lipinski definition) is 7. The summed E-state index contributed by atoms with van der Waals surface area (Å²) < 4.78 is 18.7. The first kappa shape index (κ1) is 21.4. The lowest BCUT2D eigenvalue weighted by molar-refractivity contribution is 0.122. The molecule has 0 aliphatic carbocycles. The van der Waals surface area contributed by atoms with E-state index in [2.05, 4.69) is 44.0 Å². The number of hydrogen-bond donors (Lipinski definition) is 1. The van der Waals surface area contributed by atoms with Crippen molar-refractivity contribution in [3.63, 3.8) is 0 Å². The van der Waals surface area contributed by atoms with Gasteiger partial charge in [-0.15, -0.1) is 0 Å². The molecule has 1 fully saturated rings. The van der Waals surface area contributed by atoms with E-state index in [1.54, 1.807) is 6.07 Å². The van der Waals surface area contributed by atoms with Crippen LogP contribution in [0.25, 0.3) is 0 Å². The van der Waals surface area contributed by atoms with E-state index in [1.807, 2.05) is 18.4 Å². The highest BCUT2D eigenvalue weighted by molar-refractivity contribution is 7.98. The Morgan fingerprint density at radius 2 is 1.77 bits per heavy atom. The monoisotopic (exact) mass is 439 g/mol. The fraction of sp³-hybridized carbons (Fsp3) is 0.304. The third-order valence-corrected chi connectivity index (χ3v) is 5.79. The number of nitrogens with two attached hydrogens (primary N) is 1. The van der Waals surface area contributed by atoms with E-state index in [0.717, 1.165) is 49.8 Å². The molecule has 1 aliphatic rings. The normalized spacial score (nSPS) is 13.9. The van der Waals surface area contributed by atoms with E-state index >= 15 is 0 Å². The Hall–Kier alpha value is -2.84. The summed E-state index contributed by atoms with van der Waals surface area (Å²) in [6.07, 6.45) is 2.67. The van der Waals surface area contributed by atoms with Crippen molar-refractivity contribution < 1.29 is 9.13 Å². The van der Waals surface area contributed by atoms with E-state index in [9.17, 15) is 4.39 Å². The van der Waals surface area contributed by atoms with E-state index in [4.69, 9.17) is 10.5 Å².